The minimum atomic E-state index is 0.371. The van der Waals surface area contributed by atoms with Crippen molar-refractivity contribution >= 4 is 17.3 Å². The molecule has 1 aliphatic rings. The molecule has 1 unspecified atom stereocenters. The third kappa shape index (κ3) is 1.99. The highest BCUT2D eigenvalue weighted by Crippen LogP contribution is 2.24. The van der Waals surface area contributed by atoms with Crippen LogP contribution in [0, 0.1) is 6.92 Å². The molecular formula is C10H13ClN2O. The van der Waals surface area contributed by atoms with E-state index in [1.54, 1.807) is 6.20 Å². The molecule has 1 fully saturated rings. The summed E-state index contributed by atoms with van der Waals surface area (Å²) in [5, 5.41) is 3.90. The first-order valence-corrected chi connectivity index (χ1v) is 5.10. The summed E-state index contributed by atoms with van der Waals surface area (Å²) in [5.41, 5.74) is 2.06. The van der Waals surface area contributed by atoms with Crippen LogP contribution in [0.5, 0.6) is 0 Å². The first-order chi connectivity index (χ1) is 6.77. The quantitative estimate of drug-likeness (QED) is 0.764. The average Bonchev–Trinajstić information content (AvgIpc) is 2.64. The number of nitrogens with one attached hydrogen (secondary N) is 1. The lowest BCUT2D eigenvalue weighted by Crippen LogP contribution is -2.19. The highest BCUT2D eigenvalue weighted by Gasteiger charge is 2.17. The minimum absolute atomic E-state index is 0.371. The van der Waals surface area contributed by atoms with Crippen molar-refractivity contribution in [2.45, 2.75) is 19.4 Å². The Morgan fingerprint density at radius 1 is 1.64 bits per heavy atom. The summed E-state index contributed by atoms with van der Waals surface area (Å²) in [6.45, 7) is 3.60. The second kappa shape index (κ2) is 4.15. The van der Waals surface area contributed by atoms with Crippen molar-refractivity contribution in [1.29, 1.82) is 0 Å². The molecule has 1 aliphatic heterocycles. The van der Waals surface area contributed by atoms with Crippen LogP contribution in [0.1, 0.15) is 12.0 Å². The number of halogens is 1. The molecule has 0 radical (unpaired) electrons. The lowest BCUT2D eigenvalue weighted by molar-refractivity contribution is 0.195. The standard InChI is InChI=1S/C10H13ClN2O/c1-7-2-4-12-10(11)9(7)13-8-3-5-14-6-8/h2,4,8,13H,3,5-6H2,1H3. The van der Waals surface area contributed by atoms with Crippen LogP contribution >= 0.6 is 11.6 Å². The Hall–Kier alpha value is -0.800. The molecule has 0 bridgehead atoms. The van der Waals surface area contributed by atoms with Crippen LogP contribution in [0.2, 0.25) is 5.15 Å². The minimum Gasteiger partial charge on any atom is -0.379 e. The second-order valence-corrected chi connectivity index (χ2v) is 3.86. The molecule has 1 atom stereocenters. The van der Waals surface area contributed by atoms with E-state index in [2.05, 4.69) is 10.3 Å². The molecule has 1 saturated heterocycles. The predicted octanol–water partition coefficient (Wildman–Crippen LogP) is 2.24. The van der Waals surface area contributed by atoms with Crippen molar-refractivity contribution in [3.8, 4) is 0 Å². The van der Waals surface area contributed by atoms with Crippen LogP contribution in [-0.2, 0) is 4.74 Å². The van der Waals surface area contributed by atoms with Crippen molar-refractivity contribution < 1.29 is 4.74 Å². The number of rotatable bonds is 2. The molecule has 0 spiro atoms. The van der Waals surface area contributed by atoms with Crippen molar-refractivity contribution in [1.82, 2.24) is 4.98 Å². The van der Waals surface area contributed by atoms with Crippen molar-refractivity contribution in [2.75, 3.05) is 18.5 Å². The van der Waals surface area contributed by atoms with E-state index in [4.69, 9.17) is 16.3 Å². The Morgan fingerprint density at radius 3 is 3.14 bits per heavy atom. The van der Waals surface area contributed by atoms with Crippen LogP contribution in [0.25, 0.3) is 0 Å². The summed E-state index contributed by atoms with van der Waals surface area (Å²) in [6, 6.07) is 2.32. The van der Waals surface area contributed by atoms with Crippen molar-refractivity contribution in [2.24, 2.45) is 0 Å². The van der Waals surface area contributed by atoms with E-state index in [-0.39, 0.29) is 0 Å². The molecule has 0 saturated carbocycles. The number of hydrogen-bond acceptors (Lipinski definition) is 3. The summed E-state index contributed by atoms with van der Waals surface area (Å²) in [6.07, 6.45) is 2.75. The normalized spacial score (nSPS) is 21.1. The molecule has 1 N–H and O–H groups in total. The van der Waals surface area contributed by atoms with Gasteiger partial charge in [-0.05, 0) is 25.0 Å². The fourth-order valence-corrected chi connectivity index (χ4v) is 1.81. The van der Waals surface area contributed by atoms with Crippen LogP contribution in [0.3, 0.4) is 0 Å². The van der Waals surface area contributed by atoms with Gasteiger partial charge in [-0.1, -0.05) is 11.6 Å². The molecule has 3 nitrogen and oxygen atoms in total. The second-order valence-electron chi connectivity index (χ2n) is 3.50. The fourth-order valence-electron chi connectivity index (χ4n) is 1.55. The number of hydrogen-bond donors (Lipinski definition) is 1. The number of nitrogens with zero attached hydrogens (tertiary/aromatic N) is 1. The SMILES string of the molecule is Cc1ccnc(Cl)c1NC1CCOC1. The van der Waals surface area contributed by atoms with E-state index in [1.165, 1.54) is 0 Å². The molecule has 2 rings (SSSR count). The summed E-state index contributed by atoms with van der Waals surface area (Å²) in [5.74, 6) is 0. The van der Waals surface area contributed by atoms with Crippen molar-refractivity contribution in [3.63, 3.8) is 0 Å². The average molecular weight is 213 g/mol. The third-order valence-corrected chi connectivity index (χ3v) is 2.68. The van der Waals surface area contributed by atoms with E-state index in [9.17, 15) is 0 Å². The largest absolute Gasteiger partial charge is 0.379 e. The van der Waals surface area contributed by atoms with E-state index in [1.807, 2.05) is 13.0 Å². The van der Waals surface area contributed by atoms with E-state index in [0.29, 0.717) is 11.2 Å². The monoisotopic (exact) mass is 212 g/mol. The maximum Gasteiger partial charge on any atom is 0.152 e. The Balaban J connectivity index is 2.14. The highest BCUT2D eigenvalue weighted by atomic mass is 35.5. The van der Waals surface area contributed by atoms with Crippen molar-refractivity contribution in [3.05, 3.63) is 23.0 Å². The Morgan fingerprint density at radius 2 is 2.50 bits per heavy atom. The number of ether oxygens (including phenoxy) is 1. The van der Waals surface area contributed by atoms with Gasteiger partial charge >= 0.3 is 0 Å². The Bertz CT molecular complexity index is 304. The van der Waals surface area contributed by atoms with Gasteiger partial charge in [0.25, 0.3) is 0 Å². The Kier molecular flexibility index (Phi) is 2.89. The van der Waals surface area contributed by atoms with Crippen LogP contribution in [0.15, 0.2) is 12.3 Å². The molecule has 1 aromatic heterocycles. The molecule has 1 aromatic rings. The van der Waals surface area contributed by atoms with Gasteiger partial charge in [-0.3, -0.25) is 0 Å². The zero-order valence-electron chi connectivity index (χ0n) is 8.09. The highest BCUT2D eigenvalue weighted by molar-refractivity contribution is 6.32. The van der Waals surface area contributed by atoms with Gasteiger partial charge in [0.2, 0.25) is 0 Å². The molecule has 0 amide bonds. The van der Waals surface area contributed by atoms with Gasteiger partial charge in [-0.2, -0.15) is 0 Å². The summed E-state index contributed by atoms with van der Waals surface area (Å²) in [4.78, 5) is 4.04. The molecule has 76 valence electrons. The summed E-state index contributed by atoms with van der Waals surface area (Å²) < 4.78 is 5.28. The van der Waals surface area contributed by atoms with Gasteiger partial charge in [0, 0.05) is 12.8 Å². The number of aromatic nitrogens is 1. The first kappa shape index (κ1) is 9.74. The summed E-state index contributed by atoms with van der Waals surface area (Å²) in [7, 11) is 0. The van der Waals surface area contributed by atoms with Gasteiger partial charge in [0.15, 0.2) is 5.15 Å². The number of aryl methyl sites for hydroxylation is 1. The molecule has 0 aliphatic carbocycles. The topological polar surface area (TPSA) is 34.2 Å². The maximum atomic E-state index is 5.99. The van der Waals surface area contributed by atoms with Crippen LogP contribution in [-0.4, -0.2) is 24.2 Å². The molecule has 4 heteroatoms. The molecule has 14 heavy (non-hydrogen) atoms. The van der Waals surface area contributed by atoms with Crippen LogP contribution in [0.4, 0.5) is 5.69 Å². The predicted molar refractivity (Wildman–Crippen MR) is 56.8 cm³/mol. The van der Waals surface area contributed by atoms with Gasteiger partial charge in [0.05, 0.1) is 18.3 Å². The van der Waals surface area contributed by atoms with Crippen LogP contribution < -0.4 is 5.32 Å². The van der Waals surface area contributed by atoms with Gasteiger partial charge in [0.1, 0.15) is 0 Å². The number of pyridine rings is 1. The lowest BCUT2D eigenvalue weighted by atomic mass is 10.2. The molecule has 2 heterocycles. The van der Waals surface area contributed by atoms with E-state index < -0.39 is 0 Å². The zero-order chi connectivity index (χ0) is 9.97. The maximum absolute atomic E-state index is 5.99. The van der Waals surface area contributed by atoms with E-state index in [0.717, 1.165) is 30.9 Å². The molecular weight excluding hydrogens is 200 g/mol. The van der Waals surface area contributed by atoms with E-state index >= 15 is 0 Å². The lowest BCUT2D eigenvalue weighted by Gasteiger charge is -2.14. The van der Waals surface area contributed by atoms with Gasteiger partial charge in [-0.15, -0.1) is 0 Å². The fraction of sp³-hybridized carbons (Fsp3) is 0.500. The summed E-state index contributed by atoms with van der Waals surface area (Å²) >= 11 is 5.99. The van der Waals surface area contributed by atoms with Gasteiger partial charge < -0.3 is 10.1 Å². The Labute approximate surface area is 88.4 Å². The number of anilines is 1. The van der Waals surface area contributed by atoms with Gasteiger partial charge in [-0.25, -0.2) is 4.98 Å². The smallest absolute Gasteiger partial charge is 0.152 e. The third-order valence-electron chi connectivity index (χ3n) is 2.39. The first-order valence-electron chi connectivity index (χ1n) is 4.73. The molecule has 0 aromatic carbocycles. The zero-order valence-corrected chi connectivity index (χ0v) is 8.84.